The number of benzene rings is 2. The molecule has 0 amide bonds. The standard InChI is InChI=1S/C32H34N4/c1-6-8-9-27-21-28(18-19-29(27)24(5)33-20-7-2)32-35-30(25-14-10-22(3)11-15-25)34-31(36-32)26-16-12-23(4)13-17-26/h6-8,10-20,27H,9,21H2,1-5H3/b8-6?,20-7-,33-24?. The van der Waals surface area contributed by atoms with Gasteiger partial charge in [-0.05, 0) is 64.5 Å². The molecule has 36 heavy (non-hydrogen) atoms. The van der Waals surface area contributed by atoms with E-state index in [1.54, 1.807) is 0 Å². The van der Waals surface area contributed by atoms with Crippen molar-refractivity contribution >= 4 is 11.3 Å². The summed E-state index contributed by atoms with van der Waals surface area (Å²) in [5.41, 5.74) is 7.84. The largest absolute Gasteiger partial charge is 0.262 e. The van der Waals surface area contributed by atoms with E-state index in [-0.39, 0.29) is 0 Å². The zero-order valence-corrected chi connectivity index (χ0v) is 21.9. The first kappa shape index (κ1) is 25.2. The molecule has 4 heteroatoms. The Kier molecular flexibility index (Phi) is 8.17. The van der Waals surface area contributed by atoms with Gasteiger partial charge in [-0.3, -0.25) is 4.99 Å². The fourth-order valence-corrected chi connectivity index (χ4v) is 4.31. The van der Waals surface area contributed by atoms with Crippen LogP contribution in [0.4, 0.5) is 0 Å². The second-order valence-electron chi connectivity index (χ2n) is 9.25. The number of aryl methyl sites for hydroxylation is 2. The number of hydrogen-bond acceptors (Lipinski definition) is 4. The molecule has 182 valence electrons. The first-order valence-electron chi connectivity index (χ1n) is 12.6. The van der Waals surface area contributed by atoms with Gasteiger partial charge in [0.25, 0.3) is 0 Å². The van der Waals surface area contributed by atoms with Crippen LogP contribution in [-0.4, -0.2) is 20.7 Å². The minimum atomic E-state index is 0.317. The van der Waals surface area contributed by atoms with Crippen molar-refractivity contribution in [1.82, 2.24) is 15.0 Å². The van der Waals surface area contributed by atoms with Gasteiger partial charge in [0.15, 0.2) is 17.5 Å². The summed E-state index contributed by atoms with van der Waals surface area (Å²) < 4.78 is 0. The van der Waals surface area contributed by atoms with Crippen molar-refractivity contribution in [1.29, 1.82) is 0 Å². The quantitative estimate of drug-likeness (QED) is 0.257. The zero-order valence-electron chi connectivity index (χ0n) is 21.9. The molecule has 1 atom stereocenters. The van der Waals surface area contributed by atoms with Gasteiger partial charge >= 0.3 is 0 Å². The highest BCUT2D eigenvalue weighted by Gasteiger charge is 2.23. The average molecular weight is 475 g/mol. The van der Waals surface area contributed by atoms with Crippen LogP contribution in [0.2, 0.25) is 0 Å². The van der Waals surface area contributed by atoms with Crippen LogP contribution in [0.5, 0.6) is 0 Å². The molecule has 4 rings (SSSR count). The maximum Gasteiger partial charge on any atom is 0.164 e. The molecule has 1 unspecified atom stereocenters. The molecule has 0 saturated heterocycles. The van der Waals surface area contributed by atoms with Gasteiger partial charge in [-0.2, -0.15) is 0 Å². The number of hydrogen-bond donors (Lipinski definition) is 0. The Morgan fingerprint density at radius 3 is 1.89 bits per heavy atom. The fourth-order valence-electron chi connectivity index (χ4n) is 4.31. The third-order valence-electron chi connectivity index (χ3n) is 6.40. The van der Waals surface area contributed by atoms with E-state index in [0.717, 1.165) is 41.1 Å². The third-order valence-corrected chi connectivity index (χ3v) is 6.40. The van der Waals surface area contributed by atoms with E-state index >= 15 is 0 Å². The van der Waals surface area contributed by atoms with Gasteiger partial charge in [0.05, 0.1) is 0 Å². The van der Waals surface area contributed by atoms with Crippen LogP contribution in [0.25, 0.3) is 28.3 Å². The minimum Gasteiger partial charge on any atom is -0.262 e. The molecule has 1 aliphatic carbocycles. The molecule has 0 radical (unpaired) electrons. The van der Waals surface area contributed by atoms with Crippen molar-refractivity contribution < 1.29 is 0 Å². The highest BCUT2D eigenvalue weighted by atomic mass is 15.0. The predicted octanol–water partition coefficient (Wildman–Crippen LogP) is 8.11. The van der Waals surface area contributed by atoms with E-state index in [1.165, 1.54) is 16.7 Å². The lowest BCUT2D eigenvalue weighted by Gasteiger charge is -2.24. The second-order valence-corrected chi connectivity index (χ2v) is 9.25. The zero-order chi connectivity index (χ0) is 25.5. The van der Waals surface area contributed by atoms with E-state index in [2.05, 4.69) is 106 Å². The van der Waals surface area contributed by atoms with Crippen LogP contribution < -0.4 is 0 Å². The molecule has 2 aromatic carbocycles. The van der Waals surface area contributed by atoms with Crippen LogP contribution in [0.15, 0.2) is 95.7 Å². The van der Waals surface area contributed by atoms with Crippen molar-refractivity contribution in [3.8, 4) is 22.8 Å². The highest BCUT2D eigenvalue weighted by molar-refractivity contribution is 6.00. The van der Waals surface area contributed by atoms with E-state index in [0.29, 0.717) is 17.6 Å². The molecule has 0 N–H and O–H groups in total. The van der Waals surface area contributed by atoms with Gasteiger partial charge in [0.1, 0.15) is 0 Å². The molecular formula is C32H34N4. The minimum absolute atomic E-state index is 0.317. The summed E-state index contributed by atoms with van der Waals surface area (Å²) in [6.45, 7) is 10.3. The highest BCUT2D eigenvalue weighted by Crippen LogP contribution is 2.34. The monoisotopic (exact) mass is 474 g/mol. The first-order valence-corrected chi connectivity index (χ1v) is 12.6. The Hall–Kier alpha value is -3.92. The van der Waals surface area contributed by atoms with Gasteiger partial charge < -0.3 is 0 Å². The number of rotatable bonds is 7. The lowest BCUT2D eigenvalue weighted by Crippen LogP contribution is -2.15. The van der Waals surface area contributed by atoms with Crippen molar-refractivity contribution in [2.75, 3.05) is 0 Å². The number of allylic oxidation sites excluding steroid dienone is 7. The summed E-state index contributed by atoms with van der Waals surface area (Å²) in [4.78, 5) is 19.4. The summed E-state index contributed by atoms with van der Waals surface area (Å²) >= 11 is 0. The summed E-state index contributed by atoms with van der Waals surface area (Å²) in [6.07, 6.45) is 14.3. The van der Waals surface area contributed by atoms with Crippen LogP contribution in [0.3, 0.4) is 0 Å². The lowest BCUT2D eigenvalue weighted by molar-refractivity contribution is 0.654. The molecule has 0 fully saturated rings. The van der Waals surface area contributed by atoms with E-state index < -0.39 is 0 Å². The van der Waals surface area contributed by atoms with Crippen LogP contribution in [0, 0.1) is 19.8 Å². The topological polar surface area (TPSA) is 51.0 Å². The van der Waals surface area contributed by atoms with Gasteiger partial charge in [-0.1, -0.05) is 90.0 Å². The van der Waals surface area contributed by atoms with E-state index in [9.17, 15) is 0 Å². The van der Waals surface area contributed by atoms with Crippen molar-refractivity contribution in [3.63, 3.8) is 0 Å². The van der Waals surface area contributed by atoms with Gasteiger partial charge in [-0.25, -0.2) is 15.0 Å². The van der Waals surface area contributed by atoms with Crippen LogP contribution >= 0.6 is 0 Å². The van der Waals surface area contributed by atoms with Crippen LogP contribution in [-0.2, 0) is 0 Å². The predicted molar refractivity (Wildman–Crippen MR) is 152 cm³/mol. The smallest absolute Gasteiger partial charge is 0.164 e. The molecule has 4 nitrogen and oxygen atoms in total. The van der Waals surface area contributed by atoms with Crippen LogP contribution in [0.1, 0.15) is 50.6 Å². The summed E-state index contributed by atoms with van der Waals surface area (Å²) in [5.74, 6) is 2.45. The first-order chi connectivity index (χ1) is 17.5. The van der Waals surface area contributed by atoms with Crippen molar-refractivity contribution in [2.24, 2.45) is 10.9 Å². The maximum atomic E-state index is 4.96. The molecule has 1 aromatic heterocycles. The van der Waals surface area contributed by atoms with Crippen molar-refractivity contribution in [3.05, 3.63) is 108 Å². The number of nitrogens with zero attached hydrogens (tertiary/aromatic N) is 4. The van der Waals surface area contributed by atoms with Gasteiger partial charge in [0.2, 0.25) is 0 Å². The Bertz CT molecular complexity index is 1290. The molecule has 1 heterocycles. The Morgan fingerprint density at radius 2 is 1.36 bits per heavy atom. The fraction of sp³-hybridized carbons (Fsp3) is 0.250. The molecule has 0 spiro atoms. The SMILES string of the molecule is CC=CCC1CC(c2nc(-c3ccc(C)cc3)nc(-c3ccc(C)cc3)n2)=CC=C1C(C)=N/C=C\C. The normalized spacial score (nSPS) is 16.5. The molecule has 0 aliphatic heterocycles. The van der Waals surface area contributed by atoms with Gasteiger partial charge in [-0.15, -0.1) is 0 Å². The Balaban J connectivity index is 1.82. The molecule has 1 aliphatic rings. The van der Waals surface area contributed by atoms with Crippen molar-refractivity contribution in [2.45, 2.75) is 47.5 Å². The van der Waals surface area contributed by atoms with E-state index in [1.807, 2.05) is 19.2 Å². The molecule has 0 saturated carbocycles. The molecule has 3 aromatic rings. The average Bonchev–Trinajstić information content (AvgIpc) is 2.91. The second kappa shape index (κ2) is 11.7. The third kappa shape index (κ3) is 6.01. The van der Waals surface area contributed by atoms with E-state index in [4.69, 9.17) is 15.0 Å². The maximum absolute atomic E-state index is 4.96. The summed E-state index contributed by atoms with van der Waals surface area (Å²) in [5, 5.41) is 0. The number of aromatic nitrogens is 3. The van der Waals surface area contributed by atoms with Gasteiger partial charge in [0, 0.05) is 23.0 Å². The molecule has 0 bridgehead atoms. The molecular weight excluding hydrogens is 440 g/mol. The summed E-state index contributed by atoms with van der Waals surface area (Å²) in [6, 6.07) is 16.7. The number of aliphatic imine (C=N–C) groups is 1. The lowest BCUT2D eigenvalue weighted by atomic mass is 9.82. The Morgan fingerprint density at radius 1 is 0.806 bits per heavy atom. The summed E-state index contributed by atoms with van der Waals surface area (Å²) in [7, 11) is 0. The Labute approximate surface area is 215 Å².